The number of hydrogen-bond donors (Lipinski definition) is 0. The highest BCUT2D eigenvalue weighted by molar-refractivity contribution is 14.1. The van der Waals surface area contributed by atoms with Gasteiger partial charge in [0, 0.05) is 5.56 Å². The van der Waals surface area contributed by atoms with Crippen molar-refractivity contribution in [2.45, 2.75) is 39.5 Å². The van der Waals surface area contributed by atoms with Crippen LogP contribution in [0.2, 0.25) is 0 Å². The topological polar surface area (TPSA) is 35.5 Å². The standard InChI is InChI=1S/C20H20F3IO3/c1-3-13-8-9-18(16(10-13)20(21,22)23)26-12-15-14(4-2)6-5-7-17(15)27-19(25)11-24/h5-10H,3-4,11-12H2,1-2H3. The van der Waals surface area contributed by atoms with Crippen LogP contribution in [0.25, 0.3) is 0 Å². The molecule has 0 aromatic heterocycles. The van der Waals surface area contributed by atoms with Gasteiger partial charge in [0.05, 0.1) is 9.99 Å². The Labute approximate surface area is 170 Å². The number of ether oxygens (including phenoxy) is 2. The Bertz CT molecular complexity index is 804. The summed E-state index contributed by atoms with van der Waals surface area (Å²) in [6, 6.07) is 9.27. The minimum absolute atomic E-state index is 0.123. The van der Waals surface area contributed by atoms with Crippen molar-refractivity contribution >= 4 is 28.6 Å². The Morgan fingerprint density at radius 3 is 2.41 bits per heavy atom. The number of alkyl halides is 4. The summed E-state index contributed by atoms with van der Waals surface area (Å²) in [5, 5.41) is 0. The lowest BCUT2D eigenvalue weighted by Gasteiger charge is -2.18. The quantitative estimate of drug-likeness (QED) is 0.214. The number of rotatable bonds is 7. The van der Waals surface area contributed by atoms with E-state index >= 15 is 0 Å². The number of carbonyl (C=O) groups excluding carboxylic acids is 1. The lowest BCUT2D eigenvalue weighted by Crippen LogP contribution is -2.13. The lowest BCUT2D eigenvalue weighted by atomic mass is 10.0. The van der Waals surface area contributed by atoms with Gasteiger partial charge in [-0.15, -0.1) is 0 Å². The second-order valence-electron chi connectivity index (χ2n) is 5.83. The summed E-state index contributed by atoms with van der Waals surface area (Å²) >= 11 is 1.89. The molecule has 0 saturated heterocycles. The summed E-state index contributed by atoms with van der Waals surface area (Å²) in [7, 11) is 0. The molecule has 2 rings (SSSR count). The third-order valence-corrected chi connectivity index (χ3v) is 4.70. The molecule has 3 nitrogen and oxygen atoms in total. The van der Waals surface area contributed by atoms with Gasteiger partial charge in [-0.3, -0.25) is 4.79 Å². The molecule has 146 valence electrons. The highest BCUT2D eigenvalue weighted by Crippen LogP contribution is 2.38. The van der Waals surface area contributed by atoms with Gasteiger partial charge in [0.2, 0.25) is 0 Å². The fourth-order valence-electron chi connectivity index (χ4n) is 2.65. The summed E-state index contributed by atoms with van der Waals surface area (Å²) < 4.78 is 51.2. The van der Waals surface area contributed by atoms with Gasteiger partial charge < -0.3 is 9.47 Å². The van der Waals surface area contributed by atoms with E-state index in [-0.39, 0.29) is 16.8 Å². The van der Waals surface area contributed by atoms with Crippen LogP contribution < -0.4 is 9.47 Å². The van der Waals surface area contributed by atoms with Crippen molar-refractivity contribution in [3.05, 3.63) is 58.7 Å². The van der Waals surface area contributed by atoms with E-state index in [0.717, 1.165) is 11.6 Å². The maximum atomic E-state index is 13.4. The largest absolute Gasteiger partial charge is 0.488 e. The zero-order chi connectivity index (χ0) is 20.0. The number of halogens is 4. The van der Waals surface area contributed by atoms with E-state index in [1.807, 2.05) is 35.6 Å². The molecule has 0 spiro atoms. The Morgan fingerprint density at radius 1 is 1.07 bits per heavy atom. The van der Waals surface area contributed by atoms with Gasteiger partial charge in [0.15, 0.2) is 0 Å². The van der Waals surface area contributed by atoms with E-state index in [1.165, 1.54) is 6.07 Å². The monoisotopic (exact) mass is 492 g/mol. The molecule has 7 heteroatoms. The van der Waals surface area contributed by atoms with Crippen LogP contribution in [0.4, 0.5) is 13.2 Å². The first kappa shape index (κ1) is 21.5. The zero-order valence-electron chi connectivity index (χ0n) is 15.0. The van der Waals surface area contributed by atoms with Crippen molar-refractivity contribution in [2.75, 3.05) is 4.43 Å². The van der Waals surface area contributed by atoms with E-state index in [1.54, 1.807) is 25.1 Å². The van der Waals surface area contributed by atoms with Gasteiger partial charge in [0.25, 0.3) is 0 Å². The van der Waals surface area contributed by atoms with Crippen LogP contribution in [0.3, 0.4) is 0 Å². The van der Waals surface area contributed by atoms with Crippen molar-refractivity contribution < 1.29 is 27.4 Å². The first-order valence-electron chi connectivity index (χ1n) is 8.50. The summed E-state index contributed by atoms with van der Waals surface area (Å²) in [5.41, 5.74) is 1.21. The Kier molecular flexibility index (Phi) is 7.52. The molecule has 0 N–H and O–H groups in total. The Morgan fingerprint density at radius 2 is 1.81 bits per heavy atom. The molecule has 0 aliphatic rings. The number of hydrogen-bond acceptors (Lipinski definition) is 3. The van der Waals surface area contributed by atoms with Crippen molar-refractivity contribution in [1.29, 1.82) is 0 Å². The average molecular weight is 492 g/mol. The van der Waals surface area contributed by atoms with Gasteiger partial charge in [0.1, 0.15) is 18.1 Å². The van der Waals surface area contributed by atoms with Gasteiger partial charge in [-0.05, 0) is 42.2 Å². The summed E-state index contributed by atoms with van der Waals surface area (Å²) in [6.07, 6.45) is -3.38. The minimum atomic E-state index is -4.51. The van der Waals surface area contributed by atoms with Crippen LogP contribution in [0, 0.1) is 0 Å². The van der Waals surface area contributed by atoms with Gasteiger partial charge in [-0.1, -0.05) is 54.6 Å². The van der Waals surface area contributed by atoms with Crippen LogP contribution in [0.5, 0.6) is 11.5 Å². The summed E-state index contributed by atoms with van der Waals surface area (Å²) in [6.45, 7) is 3.59. The first-order chi connectivity index (χ1) is 12.8. The lowest BCUT2D eigenvalue weighted by molar-refractivity contribution is -0.139. The summed E-state index contributed by atoms with van der Waals surface area (Å²) in [5.74, 6) is -0.347. The van der Waals surface area contributed by atoms with Crippen molar-refractivity contribution in [3.63, 3.8) is 0 Å². The van der Waals surface area contributed by atoms with Crippen molar-refractivity contribution in [3.8, 4) is 11.5 Å². The smallest absolute Gasteiger partial charge is 0.419 e. The van der Waals surface area contributed by atoms with E-state index in [9.17, 15) is 18.0 Å². The van der Waals surface area contributed by atoms with E-state index in [4.69, 9.17) is 9.47 Å². The van der Waals surface area contributed by atoms with Gasteiger partial charge in [-0.2, -0.15) is 13.2 Å². The van der Waals surface area contributed by atoms with Crippen LogP contribution >= 0.6 is 22.6 Å². The van der Waals surface area contributed by atoms with Gasteiger partial charge >= 0.3 is 12.1 Å². The molecule has 0 bridgehead atoms. The highest BCUT2D eigenvalue weighted by Gasteiger charge is 2.34. The molecular weight excluding hydrogens is 472 g/mol. The molecule has 0 fully saturated rings. The normalized spacial score (nSPS) is 11.3. The SMILES string of the molecule is CCc1ccc(OCc2c(CC)cccc2OC(=O)CI)c(C(F)(F)F)c1. The fraction of sp³-hybridized carbons (Fsp3) is 0.350. The molecule has 0 saturated carbocycles. The molecule has 0 heterocycles. The maximum Gasteiger partial charge on any atom is 0.419 e. The molecule has 0 aliphatic heterocycles. The molecule has 2 aromatic carbocycles. The van der Waals surface area contributed by atoms with E-state index in [0.29, 0.717) is 29.7 Å². The highest BCUT2D eigenvalue weighted by atomic mass is 127. The first-order valence-corrected chi connectivity index (χ1v) is 10.0. The van der Waals surface area contributed by atoms with Crippen LogP contribution in [0.15, 0.2) is 36.4 Å². The number of esters is 1. The van der Waals surface area contributed by atoms with E-state index < -0.39 is 17.7 Å². The predicted molar refractivity (Wildman–Crippen MR) is 105 cm³/mol. The fourth-order valence-corrected chi connectivity index (χ4v) is 2.80. The van der Waals surface area contributed by atoms with Crippen LogP contribution in [0.1, 0.15) is 36.1 Å². The molecular formula is C20H20F3IO3. The molecule has 27 heavy (non-hydrogen) atoms. The molecule has 0 aliphatic carbocycles. The maximum absolute atomic E-state index is 13.4. The zero-order valence-corrected chi connectivity index (χ0v) is 17.2. The molecule has 2 aromatic rings. The van der Waals surface area contributed by atoms with Crippen LogP contribution in [-0.2, 0) is 30.4 Å². The van der Waals surface area contributed by atoms with Crippen molar-refractivity contribution in [2.24, 2.45) is 0 Å². The molecule has 0 unspecified atom stereocenters. The molecule has 0 atom stereocenters. The van der Waals surface area contributed by atoms with E-state index in [2.05, 4.69) is 0 Å². The number of aryl methyl sites for hydroxylation is 2. The third-order valence-electron chi connectivity index (χ3n) is 4.07. The summed E-state index contributed by atoms with van der Waals surface area (Å²) in [4.78, 5) is 11.6. The minimum Gasteiger partial charge on any atom is -0.488 e. The third kappa shape index (κ3) is 5.60. The average Bonchev–Trinajstić information content (AvgIpc) is 2.65. The molecule has 0 radical (unpaired) electrons. The Hall–Kier alpha value is -1.77. The van der Waals surface area contributed by atoms with Gasteiger partial charge in [-0.25, -0.2) is 0 Å². The molecule has 0 amide bonds. The number of carbonyl (C=O) groups is 1. The van der Waals surface area contributed by atoms with Crippen molar-refractivity contribution in [1.82, 2.24) is 0 Å². The predicted octanol–water partition coefficient (Wildman–Crippen LogP) is 5.75. The second-order valence-corrected chi connectivity index (χ2v) is 6.59. The second kappa shape index (κ2) is 9.43. The number of benzene rings is 2. The van der Waals surface area contributed by atoms with Crippen LogP contribution in [-0.4, -0.2) is 10.4 Å². The Balaban J connectivity index is 2.35.